The number of benzene rings is 2. The third kappa shape index (κ3) is 10.4. The van der Waals surface area contributed by atoms with Gasteiger partial charge in [-0.15, -0.1) is 0 Å². The van der Waals surface area contributed by atoms with Crippen molar-refractivity contribution in [1.82, 2.24) is 9.80 Å². The third-order valence-electron chi connectivity index (χ3n) is 8.62. The molecule has 2 fully saturated rings. The molecule has 0 spiro atoms. The summed E-state index contributed by atoms with van der Waals surface area (Å²) in [6, 6.07) is 8.36. The highest BCUT2D eigenvalue weighted by molar-refractivity contribution is 9.11. The molecule has 2 atom stereocenters. The topological polar surface area (TPSA) is 65.4 Å². The molecule has 2 aromatic carbocycles. The fourth-order valence-electron chi connectivity index (χ4n) is 5.98. The molecule has 2 aliphatic heterocycles. The fourth-order valence-corrected chi connectivity index (χ4v) is 8.81. The zero-order valence-corrected chi connectivity index (χ0v) is 31.7. The minimum absolute atomic E-state index is 0.241. The van der Waals surface area contributed by atoms with Crippen LogP contribution in [-0.4, -0.2) is 84.7 Å². The molecule has 0 bridgehead atoms. The SMILES string of the molecule is CC(C)(c1cc(Br)c(OC[C@H](O)CN2CCCCCC2)c(Br)c1)c1cc(Br)c(OC[C@H](O)CN2CCCCCC2)c(Br)c1. The molecule has 0 aliphatic carbocycles. The van der Waals surface area contributed by atoms with Crippen molar-refractivity contribution in [2.45, 2.75) is 82.8 Å². The van der Waals surface area contributed by atoms with E-state index in [9.17, 15) is 10.2 Å². The first kappa shape index (κ1) is 35.7. The Kier molecular flexibility index (Phi) is 14.2. The van der Waals surface area contributed by atoms with Crippen LogP contribution in [0, 0.1) is 0 Å². The van der Waals surface area contributed by atoms with Gasteiger partial charge < -0.3 is 29.5 Å². The van der Waals surface area contributed by atoms with E-state index in [2.05, 4.69) is 112 Å². The summed E-state index contributed by atoms with van der Waals surface area (Å²) < 4.78 is 15.6. The third-order valence-corrected chi connectivity index (χ3v) is 11.0. The number of rotatable bonds is 12. The summed E-state index contributed by atoms with van der Waals surface area (Å²) in [6.07, 6.45) is 8.83. The second kappa shape index (κ2) is 17.1. The highest BCUT2D eigenvalue weighted by Crippen LogP contribution is 2.44. The number of likely N-dealkylation sites (tertiary alicyclic amines) is 2. The van der Waals surface area contributed by atoms with Gasteiger partial charge in [-0.25, -0.2) is 0 Å². The van der Waals surface area contributed by atoms with E-state index in [-0.39, 0.29) is 18.6 Å². The fraction of sp³-hybridized carbons (Fsp3) is 0.636. The van der Waals surface area contributed by atoms with Crippen molar-refractivity contribution in [3.8, 4) is 11.5 Å². The largest absolute Gasteiger partial charge is 0.488 e. The minimum Gasteiger partial charge on any atom is -0.488 e. The van der Waals surface area contributed by atoms with Crippen molar-refractivity contribution in [1.29, 1.82) is 0 Å². The van der Waals surface area contributed by atoms with Crippen LogP contribution in [0.15, 0.2) is 42.2 Å². The monoisotopic (exact) mass is 850 g/mol. The molecule has 2 aliphatic rings. The summed E-state index contributed by atoms with van der Waals surface area (Å²) in [5, 5.41) is 21.3. The van der Waals surface area contributed by atoms with E-state index in [1.807, 2.05) is 0 Å². The Morgan fingerprint density at radius 1 is 0.605 bits per heavy atom. The number of halogens is 4. The van der Waals surface area contributed by atoms with Crippen molar-refractivity contribution in [2.24, 2.45) is 0 Å². The van der Waals surface area contributed by atoms with Gasteiger partial charge in [-0.1, -0.05) is 39.5 Å². The van der Waals surface area contributed by atoms with Gasteiger partial charge in [0.15, 0.2) is 0 Å². The standard InChI is InChI=1S/C33H46Br4N2O4/c1-33(2,23-15-27(34)31(28(35)16-23)42-21-25(40)19-38-11-7-3-4-8-12-38)24-17-29(36)32(30(37)18-24)43-22-26(41)20-39-13-9-5-6-10-14-39/h15-18,25-26,40-41H,3-14,19-22H2,1-2H3/t25-,26-/m1/s1. The maximum absolute atomic E-state index is 10.7. The first-order valence-corrected chi connectivity index (χ1v) is 18.8. The second-order valence-corrected chi connectivity index (χ2v) is 15.9. The summed E-state index contributed by atoms with van der Waals surface area (Å²) in [5.41, 5.74) is 1.86. The molecule has 0 saturated carbocycles. The highest BCUT2D eigenvalue weighted by Gasteiger charge is 2.28. The van der Waals surface area contributed by atoms with Crippen LogP contribution >= 0.6 is 63.7 Å². The van der Waals surface area contributed by atoms with Crippen LogP contribution in [0.4, 0.5) is 0 Å². The summed E-state index contributed by atoms with van der Waals surface area (Å²) in [6.45, 7) is 10.3. The molecule has 10 heteroatoms. The van der Waals surface area contributed by atoms with Crippen LogP contribution < -0.4 is 9.47 Å². The lowest BCUT2D eigenvalue weighted by Gasteiger charge is -2.29. The van der Waals surface area contributed by atoms with E-state index in [0.29, 0.717) is 24.6 Å². The number of hydrogen-bond donors (Lipinski definition) is 2. The van der Waals surface area contributed by atoms with Gasteiger partial charge in [-0.3, -0.25) is 0 Å². The van der Waals surface area contributed by atoms with Gasteiger partial charge in [0.2, 0.25) is 0 Å². The zero-order chi connectivity index (χ0) is 31.0. The van der Waals surface area contributed by atoms with Crippen molar-refractivity contribution in [3.05, 3.63) is 53.3 Å². The van der Waals surface area contributed by atoms with Gasteiger partial charge in [-0.05, 0) is 151 Å². The van der Waals surface area contributed by atoms with Gasteiger partial charge in [0, 0.05) is 18.5 Å². The molecule has 2 saturated heterocycles. The number of ether oxygens (including phenoxy) is 2. The molecule has 2 heterocycles. The smallest absolute Gasteiger partial charge is 0.147 e. The van der Waals surface area contributed by atoms with Crippen molar-refractivity contribution >= 4 is 63.7 Å². The Bertz CT molecular complexity index is 1050. The van der Waals surface area contributed by atoms with E-state index in [1.165, 1.54) is 51.4 Å². The van der Waals surface area contributed by atoms with Crippen LogP contribution in [0.1, 0.15) is 76.3 Å². The van der Waals surface area contributed by atoms with Crippen LogP contribution in [0.5, 0.6) is 11.5 Å². The van der Waals surface area contributed by atoms with E-state index in [0.717, 1.165) is 55.2 Å². The van der Waals surface area contributed by atoms with E-state index < -0.39 is 12.2 Å². The number of β-amino-alcohol motifs (C(OH)–C–C–N with tert-alkyl or cyclic N) is 2. The maximum atomic E-state index is 10.7. The van der Waals surface area contributed by atoms with Gasteiger partial charge in [0.25, 0.3) is 0 Å². The molecule has 240 valence electrons. The van der Waals surface area contributed by atoms with Crippen LogP contribution in [-0.2, 0) is 5.41 Å². The maximum Gasteiger partial charge on any atom is 0.147 e. The highest BCUT2D eigenvalue weighted by atomic mass is 79.9. The van der Waals surface area contributed by atoms with E-state index >= 15 is 0 Å². The molecule has 2 aromatic rings. The Balaban J connectivity index is 1.39. The van der Waals surface area contributed by atoms with E-state index in [4.69, 9.17) is 9.47 Å². The zero-order valence-electron chi connectivity index (χ0n) is 25.4. The average Bonchev–Trinajstić information content (AvgIpc) is 3.37. The number of hydrogen-bond acceptors (Lipinski definition) is 6. The molecule has 2 N–H and O–H groups in total. The number of aliphatic hydroxyl groups is 2. The summed E-state index contributed by atoms with van der Waals surface area (Å²) in [4.78, 5) is 4.70. The van der Waals surface area contributed by atoms with Crippen LogP contribution in [0.3, 0.4) is 0 Å². The summed E-state index contributed by atoms with van der Waals surface area (Å²) in [7, 11) is 0. The lowest BCUT2D eigenvalue weighted by Crippen LogP contribution is -2.36. The van der Waals surface area contributed by atoms with E-state index in [1.54, 1.807) is 0 Å². The van der Waals surface area contributed by atoms with Gasteiger partial charge >= 0.3 is 0 Å². The lowest BCUT2D eigenvalue weighted by molar-refractivity contribution is 0.0687. The predicted octanol–water partition coefficient (Wildman–Crippen LogP) is 8.29. The molecular weight excluding hydrogens is 808 g/mol. The molecule has 0 amide bonds. The van der Waals surface area contributed by atoms with Crippen LogP contribution in [0.2, 0.25) is 0 Å². The van der Waals surface area contributed by atoms with Gasteiger partial charge in [0.05, 0.1) is 17.9 Å². The van der Waals surface area contributed by atoms with Crippen molar-refractivity contribution < 1.29 is 19.7 Å². The molecular formula is C33H46Br4N2O4. The molecule has 0 unspecified atom stereocenters. The quantitative estimate of drug-likeness (QED) is 0.224. The Morgan fingerprint density at radius 2 is 0.907 bits per heavy atom. The van der Waals surface area contributed by atoms with Crippen molar-refractivity contribution in [2.75, 3.05) is 52.5 Å². The Morgan fingerprint density at radius 3 is 1.21 bits per heavy atom. The molecule has 6 nitrogen and oxygen atoms in total. The lowest BCUT2D eigenvalue weighted by atomic mass is 9.78. The number of aliphatic hydroxyl groups excluding tert-OH is 2. The summed E-state index contributed by atoms with van der Waals surface area (Å²) >= 11 is 14.9. The summed E-state index contributed by atoms with van der Waals surface area (Å²) in [5.74, 6) is 1.39. The number of nitrogens with zero attached hydrogens (tertiary/aromatic N) is 2. The molecule has 43 heavy (non-hydrogen) atoms. The van der Waals surface area contributed by atoms with Gasteiger partial charge in [0.1, 0.15) is 36.9 Å². The predicted molar refractivity (Wildman–Crippen MR) is 189 cm³/mol. The molecule has 0 aromatic heterocycles. The molecule has 0 radical (unpaired) electrons. The normalized spacial score (nSPS) is 19.0. The average molecular weight is 854 g/mol. The first-order chi connectivity index (χ1) is 20.5. The molecule has 4 rings (SSSR count). The van der Waals surface area contributed by atoms with Gasteiger partial charge in [-0.2, -0.15) is 0 Å². The second-order valence-electron chi connectivity index (χ2n) is 12.5. The Labute approximate surface area is 291 Å². The van der Waals surface area contributed by atoms with Crippen molar-refractivity contribution in [3.63, 3.8) is 0 Å². The Hall–Kier alpha value is -0.200. The first-order valence-electron chi connectivity index (χ1n) is 15.6. The minimum atomic E-state index is -0.543. The van der Waals surface area contributed by atoms with Crippen LogP contribution in [0.25, 0.3) is 0 Å².